The van der Waals surface area contributed by atoms with Crippen LogP contribution in [-0.2, 0) is 6.42 Å². The lowest BCUT2D eigenvalue weighted by Crippen LogP contribution is -2.30. The lowest BCUT2D eigenvalue weighted by molar-refractivity contribution is 0.406. The second kappa shape index (κ2) is 7.20. The van der Waals surface area contributed by atoms with Crippen molar-refractivity contribution in [2.75, 3.05) is 7.11 Å². The van der Waals surface area contributed by atoms with Gasteiger partial charge in [0.2, 0.25) is 0 Å². The molecule has 21 heavy (non-hydrogen) atoms. The van der Waals surface area contributed by atoms with E-state index in [4.69, 9.17) is 10.6 Å². The molecular weight excluding hydrogens is 377 g/mol. The molecule has 1 heterocycles. The fourth-order valence-corrected chi connectivity index (χ4v) is 3.25. The molecule has 0 fully saturated rings. The quantitative estimate of drug-likeness (QED) is 0.463. The van der Waals surface area contributed by atoms with Gasteiger partial charge < -0.3 is 4.74 Å². The molecule has 0 aliphatic rings. The highest BCUT2D eigenvalue weighted by Crippen LogP contribution is 2.28. The molecule has 112 valence electrons. The Morgan fingerprint density at radius 3 is 2.67 bits per heavy atom. The summed E-state index contributed by atoms with van der Waals surface area (Å²) < 4.78 is 6.66. The van der Waals surface area contributed by atoms with Crippen LogP contribution in [0.1, 0.15) is 28.4 Å². The number of aromatic nitrogens is 1. The van der Waals surface area contributed by atoms with Crippen molar-refractivity contribution >= 4 is 22.6 Å². The Labute approximate surface area is 139 Å². The summed E-state index contributed by atoms with van der Waals surface area (Å²) in [5.74, 6) is 6.66. The zero-order valence-corrected chi connectivity index (χ0v) is 14.6. The number of halogens is 1. The van der Waals surface area contributed by atoms with Crippen molar-refractivity contribution in [3.05, 3.63) is 56.4 Å². The number of hydrazine groups is 1. The molecule has 2 rings (SSSR count). The van der Waals surface area contributed by atoms with Crippen LogP contribution in [0.15, 0.2) is 30.5 Å². The first kappa shape index (κ1) is 16.2. The van der Waals surface area contributed by atoms with E-state index in [0.29, 0.717) is 0 Å². The Morgan fingerprint density at radius 2 is 2.05 bits per heavy atom. The molecule has 0 bridgehead atoms. The fraction of sp³-hybridized carbons (Fsp3) is 0.312. The van der Waals surface area contributed by atoms with Crippen molar-refractivity contribution < 1.29 is 4.74 Å². The molecule has 0 saturated carbocycles. The van der Waals surface area contributed by atoms with Crippen LogP contribution in [0.5, 0.6) is 5.75 Å². The summed E-state index contributed by atoms with van der Waals surface area (Å²) in [4.78, 5) is 4.55. The maximum absolute atomic E-state index is 5.76. The van der Waals surface area contributed by atoms with Gasteiger partial charge in [-0.2, -0.15) is 0 Å². The molecule has 2 aromatic rings. The zero-order chi connectivity index (χ0) is 15.4. The van der Waals surface area contributed by atoms with Gasteiger partial charge in [-0.1, -0.05) is 18.2 Å². The average Bonchev–Trinajstić information content (AvgIpc) is 2.48. The van der Waals surface area contributed by atoms with Gasteiger partial charge >= 0.3 is 0 Å². The van der Waals surface area contributed by atoms with Crippen LogP contribution >= 0.6 is 22.6 Å². The normalized spacial score (nSPS) is 12.2. The average molecular weight is 397 g/mol. The Hall–Kier alpha value is -1.18. The first-order valence-corrected chi connectivity index (χ1v) is 7.86. The minimum Gasteiger partial charge on any atom is -0.496 e. The highest BCUT2D eigenvalue weighted by Gasteiger charge is 2.17. The number of hydrogen-bond acceptors (Lipinski definition) is 4. The Morgan fingerprint density at radius 1 is 1.33 bits per heavy atom. The topological polar surface area (TPSA) is 60.2 Å². The van der Waals surface area contributed by atoms with E-state index >= 15 is 0 Å². The Bertz CT molecular complexity index is 631. The van der Waals surface area contributed by atoms with E-state index in [-0.39, 0.29) is 6.04 Å². The van der Waals surface area contributed by atoms with E-state index in [1.54, 1.807) is 7.11 Å². The second-order valence-corrected chi connectivity index (χ2v) is 6.15. The molecule has 0 spiro atoms. The van der Waals surface area contributed by atoms with Crippen LogP contribution in [0.3, 0.4) is 0 Å². The van der Waals surface area contributed by atoms with Crippen LogP contribution in [0.4, 0.5) is 0 Å². The Kier molecular flexibility index (Phi) is 5.55. The van der Waals surface area contributed by atoms with Crippen LogP contribution in [0, 0.1) is 17.4 Å². The summed E-state index contributed by atoms with van der Waals surface area (Å²) in [6.07, 6.45) is 2.57. The monoisotopic (exact) mass is 397 g/mol. The van der Waals surface area contributed by atoms with Crippen molar-refractivity contribution in [3.63, 3.8) is 0 Å². The summed E-state index contributed by atoms with van der Waals surface area (Å²) >= 11 is 2.33. The second-order valence-electron chi connectivity index (χ2n) is 4.99. The van der Waals surface area contributed by atoms with E-state index in [1.165, 1.54) is 9.13 Å². The number of nitrogens with two attached hydrogens (primary N) is 1. The van der Waals surface area contributed by atoms with E-state index < -0.39 is 0 Å². The third-order valence-electron chi connectivity index (χ3n) is 3.63. The van der Waals surface area contributed by atoms with E-state index in [0.717, 1.165) is 29.0 Å². The lowest BCUT2D eigenvalue weighted by Gasteiger charge is -2.19. The highest BCUT2D eigenvalue weighted by atomic mass is 127. The zero-order valence-electron chi connectivity index (χ0n) is 12.5. The number of nitrogens with one attached hydrogen (secondary N) is 1. The van der Waals surface area contributed by atoms with Gasteiger partial charge in [-0.15, -0.1) is 0 Å². The summed E-state index contributed by atoms with van der Waals surface area (Å²) in [5, 5.41) is 0. The van der Waals surface area contributed by atoms with Crippen molar-refractivity contribution in [1.82, 2.24) is 10.4 Å². The predicted molar refractivity (Wildman–Crippen MR) is 93.2 cm³/mol. The molecule has 0 saturated heterocycles. The number of aryl methyl sites for hydroxylation is 1. The molecular formula is C16H20IN3O. The van der Waals surface area contributed by atoms with Crippen LogP contribution in [0.25, 0.3) is 0 Å². The third-order valence-corrected chi connectivity index (χ3v) is 4.61. The minimum absolute atomic E-state index is 0.0247. The molecule has 5 heteroatoms. The molecule has 1 unspecified atom stereocenters. The van der Waals surface area contributed by atoms with Crippen molar-refractivity contribution in [1.29, 1.82) is 0 Å². The molecule has 0 aliphatic heterocycles. The molecule has 1 aromatic carbocycles. The molecule has 1 aromatic heterocycles. The molecule has 4 nitrogen and oxygen atoms in total. The smallest absolute Gasteiger partial charge is 0.128 e. The molecule has 3 N–H and O–H groups in total. The summed E-state index contributed by atoms with van der Waals surface area (Å²) in [7, 11) is 1.69. The largest absolute Gasteiger partial charge is 0.496 e. The van der Waals surface area contributed by atoms with Gasteiger partial charge in [0.15, 0.2) is 0 Å². The number of pyridine rings is 1. The van der Waals surface area contributed by atoms with E-state index in [9.17, 15) is 0 Å². The minimum atomic E-state index is 0.0247. The maximum atomic E-state index is 5.76. The number of ether oxygens (including phenoxy) is 1. The first-order chi connectivity index (χ1) is 10.1. The van der Waals surface area contributed by atoms with Gasteiger partial charge in [0.1, 0.15) is 5.75 Å². The number of methoxy groups -OCH3 is 1. The van der Waals surface area contributed by atoms with Crippen molar-refractivity contribution in [2.24, 2.45) is 5.84 Å². The first-order valence-electron chi connectivity index (χ1n) is 6.78. The van der Waals surface area contributed by atoms with Crippen LogP contribution in [0.2, 0.25) is 0 Å². The standard InChI is InChI=1S/C16H20IN3O/c1-10-9-19-14(11(2)16(10)21-3)8-15(20-18)12-6-4-5-7-13(12)17/h4-7,9,15,20H,8,18H2,1-3H3. The molecule has 0 radical (unpaired) electrons. The maximum Gasteiger partial charge on any atom is 0.128 e. The van der Waals surface area contributed by atoms with Gasteiger partial charge in [0.05, 0.1) is 13.2 Å². The molecule has 0 aliphatic carbocycles. The Balaban J connectivity index is 2.34. The fourth-order valence-electron chi connectivity index (χ4n) is 2.49. The number of benzene rings is 1. The van der Waals surface area contributed by atoms with Crippen LogP contribution in [-0.4, -0.2) is 12.1 Å². The highest BCUT2D eigenvalue weighted by molar-refractivity contribution is 14.1. The van der Waals surface area contributed by atoms with Gasteiger partial charge in [-0.3, -0.25) is 16.3 Å². The predicted octanol–water partition coefficient (Wildman–Crippen LogP) is 3.06. The lowest BCUT2D eigenvalue weighted by atomic mass is 9.99. The number of hydrogen-bond donors (Lipinski definition) is 2. The number of nitrogens with zero attached hydrogens (tertiary/aromatic N) is 1. The van der Waals surface area contributed by atoms with Gasteiger partial charge in [-0.05, 0) is 48.1 Å². The van der Waals surface area contributed by atoms with Crippen LogP contribution < -0.4 is 16.0 Å². The van der Waals surface area contributed by atoms with E-state index in [2.05, 4.69) is 45.1 Å². The molecule has 1 atom stereocenters. The summed E-state index contributed by atoms with van der Waals surface area (Å²) in [6.45, 7) is 4.04. The number of rotatable bonds is 5. The summed E-state index contributed by atoms with van der Waals surface area (Å²) in [6, 6.07) is 8.25. The van der Waals surface area contributed by atoms with Gasteiger partial charge in [0.25, 0.3) is 0 Å². The molecule has 0 amide bonds. The third kappa shape index (κ3) is 3.53. The van der Waals surface area contributed by atoms with Gasteiger partial charge in [-0.25, -0.2) is 0 Å². The van der Waals surface area contributed by atoms with Gasteiger partial charge in [0, 0.05) is 33.0 Å². The summed E-state index contributed by atoms with van der Waals surface area (Å²) in [5.41, 5.74) is 7.20. The SMILES string of the molecule is COc1c(C)cnc(CC(NN)c2ccccc2I)c1C. The van der Waals surface area contributed by atoms with E-state index in [1.807, 2.05) is 32.2 Å². The van der Waals surface area contributed by atoms with Crippen molar-refractivity contribution in [3.8, 4) is 5.75 Å². The van der Waals surface area contributed by atoms with Crippen molar-refractivity contribution in [2.45, 2.75) is 26.3 Å².